The summed E-state index contributed by atoms with van der Waals surface area (Å²) in [5, 5.41) is 15.4. The Labute approximate surface area is 182 Å². The highest BCUT2D eigenvalue weighted by Crippen LogP contribution is 2.26. The number of non-ortho nitro benzene ring substituents is 1. The van der Waals surface area contributed by atoms with Crippen LogP contribution in [0.3, 0.4) is 0 Å². The summed E-state index contributed by atoms with van der Waals surface area (Å²) in [4.78, 5) is 38.7. The first-order valence-electron chi connectivity index (χ1n) is 9.99. The van der Waals surface area contributed by atoms with E-state index in [0.717, 1.165) is 0 Å². The number of nitro benzene ring substituents is 1. The molecule has 1 aliphatic heterocycles. The Kier molecular flexibility index (Phi) is 5.67. The number of hydrogen-bond donors (Lipinski definition) is 0. The normalized spacial score (nSPS) is 13.8. The molecule has 9 nitrogen and oxygen atoms in total. The second-order valence-corrected chi connectivity index (χ2v) is 7.38. The average molecular weight is 437 g/mol. The van der Waals surface area contributed by atoms with Crippen molar-refractivity contribution in [3.8, 4) is 16.9 Å². The first kappa shape index (κ1) is 21.2. The van der Waals surface area contributed by atoms with Crippen LogP contribution in [0.15, 0.2) is 54.6 Å². The second-order valence-electron chi connectivity index (χ2n) is 7.38. The monoisotopic (exact) mass is 437 g/mol. The van der Waals surface area contributed by atoms with Gasteiger partial charge in [0.15, 0.2) is 0 Å². The van der Waals surface area contributed by atoms with Crippen LogP contribution in [0.5, 0.6) is 0 Å². The maximum atomic E-state index is 14.4. The molecule has 1 aliphatic rings. The van der Waals surface area contributed by atoms with Crippen molar-refractivity contribution in [2.45, 2.75) is 6.92 Å². The highest BCUT2D eigenvalue weighted by atomic mass is 19.1. The third-order valence-corrected chi connectivity index (χ3v) is 5.40. The van der Waals surface area contributed by atoms with Crippen molar-refractivity contribution in [3.05, 3.63) is 76.2 Å². The molecule has 164 valence electrons. The molecule has 0 saturated carbocycles. The minimum atomic E-state index is -0.516. The molecule has 0 spiro atoms. The number of nitrogens with zero attached hydrogens (tertiary/aromatic N) is 5. The molecule has 3 aromatic rings. The highest BCUT2D eigenvalue weighted by Gasteiger charge is 2.27. The molecule has 32 heavy (non-hydrogen) atoms. The highest BCUT2D eigenvalue weighted by molar-refractivity contribution is 5.94. The summed E-state index contributed by atoms with van der Waals surface area (Å²) < 4.78 is 15.7. The van der Waals surface area contributed by atoms with Crippen molar-refractivity contribution in [1.82, 2.24) is 19.6 Å². The van der Waals surface area contributed by atoms with Gasteiger partial charge in [0.1, 0.15) is 11.5 Å². The summed E-state index contributed by atoms with van der Waals surface area (Å²) >= 11 is 0. The first-order valence-corrected chi connectivity index (χ1v) is 9.99. The lowest BCUT2D eigenvalue weighted by molar-refractivity contribution is -0.384. The van der Waals surface area contributed by atoms with Crippen molar-refractivity contribution in [3.63, 3.8) is 0 Å². The largest absolute Gasteiger partial charge is 0.339 e. The summed E-state index contributed by atoms with van der Waals surface area (Å²) in [5.74, 6) is -0.841. The van der Waals surface area contributed by atoms with Crippen LogP contribution in [0, 0.1) is 15.9 Å². The zero-order valence-corrected chi connectivity index (χ0v) is 17.3. The first-order chi connectivity index (χ1) is 15.3. The van der Waals surface area contributed by atoms with Crippen LogP contribution in [0.4, 0.5) is 10.1 Å². The Morgan fingerprint density at radius 1 is 1.00 bits per heavy atom. The van der Waals surface area contributed by atoms with Crippen molar-refractivity contribution >= 4 is 17.5 Å². The summed E-state index contributed by atoms with van der Waals surface area (Å²) in [6.45, 7) is 3.05. The molecule has 4 rings (SSSR count). The smallest absolute Gasteiger partial charge is 0.272 e. The average Bonchev–Trinajstić information content (AvgIpc) is 3.24. The van der Waals surface area contributed by atoms with Gasteiger partial charge in [-0.1, -0.05) is 12.1 Å². The molecule has 10 heteroatoms. The maximum absolute atomic E-state index is 14.4. The third kappa shape index (κ3) is 4.07. The summed E-state index contributed by atoms with van der Waals surface area (Å²) in [6, 6.07) is 13.2. The van der Waals surface area contributed by atoms with Crippen LogP contribution in [0.1, 0.15) is 17.4 Å². The molecule has 0 aliphatic carbocycles. The Morgan fingerprint density at radius 2 is 1.62 bits per heavy atom. The van der Waals surface area contributed by atoms with Crippen LogP contribution < -0.4 is 0 Å². The van der Waals surface area contributed by atoms with E-state index in [2.05, 4.69) is 5.10 Å². The van der Waals surface area contributed by atoms with E-state index in [-0.39, 0.29) is 34.5 Å². The fraction of sp³-hybridized carbons (Fsp3) is 0.227. The van der Waals surface area contributed by atoms with Crippen molar-refractivity contribution in [2.24, 2.45) is 0 Å². The van der Waals surface area contributed by atoms with E-state index in [1.54, 1.807) is 28.0 Å². The number of rotatable bonds is 4. The van der Waals surface area contributed by atoms with Gasteiger partial charge in [-0.05, 0) is 30.3 Å². The number of carbonyl (C=O) groups is 2. The number of piperazine rings is 1. The van der Waals surface area contributed by atoms with Crippen LogP contribution in [-0.4, -0.2) is 62.5 Å². The fourth-order valence-corrected chi connectivity index (χ4v) is 3.63. The zero-order valence-electron chi connectivity index (χ0n) is 17.3. The van der Waals surface area contributed by atoms with E-state index in [4.69, 9.17) is 0 Å². The van der Waals surface area contributed by atoms with Gasteiger partial charge in [0, 0.05) is 50.8 Å². The van der Waals surface area contributed by atoms with Crippen LogP contribution in [0.2, 0.25) is 0 Å². The molecule has 2 heterocycles. The van der Waals surface area contributed by atoms with Gasteiger partial charge in [-0.25, -0.2) is 9.07 Å². The molecule has 0 radical (unpaired) electrons. The van der Waals surface area contributed by atoms with Crippen molar-refractivity contribution < 1.29 is 18.9 Å². The molecule has 0 atom stereocenters. The van der Waals surface area contributed by atoms with Crippen LogP contribution in [-0.2, 0) is 4.79 Å². The minimum absolute atomic E-state index is 0.0464. The summed E-state index contributed by atoms with van der Waals surface area (Å²) in [5.41, 5.74) is 1.05. The lowest BCUT2D eigenvalue weighted by Gasteiger charge is -2.34. The predicted molar refractivity (Wildman–Crippen MR) is 114 cm³/mol. The van der Waals surface area contributed by atoms with Gasteiger partial charge in [0.2, 0.25) is 5.91 Å². The lowest BCUT2D eigenvalue weighted by Crippen LogP contribution is -2.50. The van der Waals surface area contributed by atoms with Crippen molar-refractivity contribution in [1.29, 1.82) is 0 Å². The van der Waals surface area contributed by atoms with Gasteiger partial charge < -0.3 is 9.80 Å². The zero-order chi connectivity index (χ0) is 22.8. The van der Waals surface area contributed by atoms with E-state index < -0.39 is 10.7 Å². The number of nitro groups is 1. The Morgan fingerprint density at radius 3 is 2.22 bits per heavy atom. The second kappa shape index (κ2) is 8.58. The SMILES string of the molecule is CC(=O)N1CCN(C(=O)c2cc(-c3ccccc3F)nn2-c2ccc([N+](=O)[O-])cc2)CC1. The van der Waals surface area contributed by atoms with Crippen LogP contribution >= 0.6 is 0 Å². The Balaban J connectivity index is 1.73. The Hall–Kier alpha value is -4.08. The van der Waals surface area contributed by atoms with E-state index >= 15 is 0 Å². The standard InChI is InChI=1S/C22H20FN5O4/c1-15(29)25-10-12-26(13-11-25)22(30)21-14-20(18-4-2-3-5-19(18)23)24-27(21)16-6-8-17(9-7-16)28(31)32/h2-9,14H,10-13H2,1H3. The van der Waals surface area contributed by atoms with E-state index in [0.29, 0.717) is 31.9 Å². The quantitative estimate of drug-likeness (QED) is 0.461. The number of aromatic nitrogens is 2. The van der Waals surface area contributed by atoms with E-state index in [1.165, 1.54) is 48.0 Å². The van der Waals surface area contributed by atoms with Gasteiger partial charge in [0.25, 0.3) is 11.6 Å². The molecule has 0 bridgehead atoms. The molecule has 1 fully saturated rings. The van der Waals surface area contributed by atoms with E-state index in [1.807, 2.05) is 0 Å². The topological polar surface area (TPSA) is 102 Å². The summed E-state index contributed by atoms with van der Waals surface area (Å²) in [6.07, 6.45) is 0. The molecule has 1 aromatic heterocycles. The number of benzene rings is 2. The lowest BCUT2D eigenvalue weighted by atomic mass is 10.1. The van der Waals surface area contributed by atoms with Gasteiger partial charge in [0.05, 0.1) is 16.3 Å². The molecule has 0 unspecified atom stereocenters. The fourth-order valence-electron chi connectivity index (χ4n) is 3.63. The molecule has 0 N–H and O–H groups in total. The Bertz CT molecular complexity index is 1180. The third-order valence-electron chi connectivity index (χ3n) is 5.40. The van der Waals surface area contributed by atoms with Gasteiger partial charge in [-0.3, -0.25) is 19.7 Å². The predicted octanol–water partition coefficient (Wildman–Crippen LogP) is 2.89. The van der Waals surface area contributed by atoms with Crippen LogP contribution in [0.25, 0.3) is 16.9 Å². The summed E-state index contributed by atoms with van der Waals surface area (Å²) in [7, 11) is 0. The van der Waals surface area contributed by atoms with Gasteiger partial charge in [-0.2, -0.15) is 5.10 Å². The van der Waals surface area contributed by atoms with Gasteiger partial charge in [-0.15, -0.1) is 0 Å². The molecule has 1 saturated heterocycles. The molecule has 2 aromatic carbocycles. The molecule has 2 amide bonds. The molecular weight excluding hydrogens is 417 g/mol. The number of halogens is 1. The van der Waals surface area contributed by atoms with Gasteiger partial charge >= 0.3 is 0 Å². The number of carbonyl (C=O) groups excluding carboxylic acids is 2. The number of hydrogen-bond acceptors (Lipinski definition) is 5. The van der Waals surface area contributed by atoms with Crippen molar-refractivity contribution in [2.75, 3.05) is 26.2 Å². The maximum Gasteiger partial charge on any atom is 0.272 e. The minimum Gasteiger partial charge on any atom is -0.339 e. The van der Waals surface area contributed by atoms with E-state index in [9.17, 15) is 24.1 Å². The molecular formula is C22H20FN5O4. The number of amides is 2.